The van der Waals surface area contributed by atoms with E-state index in [9.17, 15) is 15.3 Å². The Hall–Kier alpha value is -0.380. The fourth-order valence-corrected chi connectivity index (χ4v) is 7.45. The molecule has 3 N–H and O–H groups in total. The predicted molar refractivity (Wildman–Crippen MR) is 89.7 cm³/mol. The molecule has 0 aromatic rings. The number of rotatable bonds is 2. The summed E-state index contributed by atoms with van der Waals surface area (Å²) in [5, 5.41) is 31.0. The first-order valence-corrected chi connectivity index (χ1v) is 9.51. The Morgan fingerprint density at radius 3 is 2.61 bits per heavy atom. The molecule has 0 saturated heterocycles. The van der Waals surface area contributed by atoms with Gasteiger partial charge in [0.1, 0.15) is 0 Å². The van der Waals surface area contributed by atoms with E-state index in [1.807, 2.05) is 0 Å². The van der Waals surface area contributed by atoms with Gasteiger partial charge >= 0.3 is 0 Å². The van der Waals surface area contributed by atoms with Crippen molar-refractivity contribution in [2.24, 2.45) is 34.0 Å². The van der Waals surface area contributed by atoms with Gasteiger partial charge in [-0.25, -0.2) is 0 Å². The smallest absolute Gasteiger partial charge is 0.0644 e. The van der Waals surface area contributed by atoms with Gasteiger partial charge in [0.05, 0.1) is 12.7 Å². The van der Waals surface area contributed by atoms with Crippen LogP contribution in [0.25, 0.3) is 0 Å². The fraction of sp³-hybridized carbons (Fsp3) is 0.900. The molecule has 1 spiro atoms. The average molecular weight is 320 g/mol. The highest BCUT2D eigenvalue weighted by atomic mass is 16.3. The Bertz CT molecular complexity index is 529. The molecule has 7 atom stereocenters. The van der Waals surface area contributed by atoms with Gasteiger partial charge in [-0.2, -0.15) is 0 Å². The molecule has 130 valence electrons. The summed E-state index contributed by atoms with van der Waals surface area (Å²) in [6, 6.07) is 0. The van der Waals surface area contributed by atoms with E-state index in [0.29, 0.717) is 17.8 Å². The predicted octanol–water partition coefficient (Wildman–Crippen LogP) is 2.89. The zero-order valence-electron chi connectivity index (χ0n) is 14.6. The first kappa shape index (κ1) is 16.1. The average Bonchev–Trinajstić information content (AvgIpc) is 2.82. The Kier molecular flexibility index (Phi) is 3.54. The highest BCUT2D eigenvalue weighted by molar-refractivity contribution is 5.30. The van der Waals surface area contributed by atoms with Crippen molar-refractivity contribution in [3.63, 3.8) is 0 Å². The molecule has 0 amide bonds. The van der Waals surface area contributed by atoms with Crippen molar-refractivity contribution in [2.45, 2.75) is 64.9 Å². The van der Waals surface area contributed by atoms with Crippen LogP contribution in [0.15, 0.2) is 11.6 Å². The van der Waals surface area contributed by atoms with Gasteiger partial charge in [-0.1, -0.05) is 26.3 Å². The third kappa shape index (κ3) is 1.93. The van der Waals surface area contributed by atoms with E-state index < -0.39 is 0 Å². The summed E-state index contributed by atoms with van der Waals surface area (Å²) < 4.78 is 0. The Morgan fingerprint density at radius 2 is 1.91 bits per heavy atom. The second kappa shape index (κ2) is 5.06. The lowest BCUT2D eigenvalue weighted by molar-refractivity contribution is -0.193. The lowest BCUT2D eigenvalue weighted by atomic mass is 9.40. The second-order valence-corrected chi connectivity index (χ2v) is 9.50. The van der Waals surface area contributed by atoms with E-state index in [1.165, 1.54) is 18.4 Å². The van der Waals surface area contributed by atoms with E-state index >= 15 is 0 Å². The van der Waals surface area contributed by atoms with Crippen molar-refractivity contribution in [1.29, 1.82) is 0 Å². The van der Waals surface area contributed by atoms with Gasteiger partial charge in [-0.3, -0.25) is 0 Å². The molecule has 3 nitrogen and oxygen atoms in total. The molecule has 0 aromatic carbocycles. The molecule has 4 aliphatic carbocycles. The Balaban J connectivity index is 1.78. The quantitative estimate of drug-likeness (QED) is 0.686. The van der Waals surface area contributed by atoms with Crippen LogP contribution < -0.4 is 0 Å². The van der Waals surface area contributed by atoms with Crippen molar-refractivity contribution in [1.82, 2.24) is 0 Å². The SMILES string of the molecule is C[C@]1(CO)CCC[C@]2(C)[C@@H]1C[C@H](O)[C@]13C=C(CO)[C@H](CC[C@@H]21)C3. The second-order valence-electron chi connectivity index (χ2n) is 9.50. The standard InChI is InChI=1S/C20H32O3/c1-18(12-22)6-3-7-19(2)15-5-4-13-9-20(15,10-14(13)11-21)17(23)8-16(18)19/h10,13,15-17,21-23H,3-9,11-12H2,1-2H3/t13-,15+,16-,17+,18-,19+,20-/m1/s1. The lowest BCUT2D eigenvalue weighted by Gasteiger charge is -2.65. The van der Waals surface area contributed by atoms with Crippen LogP contribution in [-0.4, -0.2) is 34.6 Å². The van der Waals surface area contributed by atoms with Crippen molar-refractivity contribution in [3.05, 3.63) is 11.6 Å². The van der Waals surface area contributed by atoms with Gasteiger partial charge in [0.2, 0.25) is 0 Å². The zero-order chi connectivity index (χ0) is 16.5. The van der Waals surface area contributed by atoms with E-state index in [2.05, 4.69) is 19.9 Å². The zero-order valence-corrected chi connectivity index (χ0v) is 14.6. The molecule has 3 fully saturated rings. The largest absolute Gasteiger partial charge is 0.396 e. The number of hydrogen-bond donors (Lipinski definition) is 3. The molecular formula is C20H32O3. The van der Waals surface area contributed by atoms with E-state index in [0.717, 1.165) is 32.1 Å². The van der Waals surface area contributed by atoms with Crippen LogP contribution in [0, 0.1) is 34.0 Å². The number of hydrogen-bond acceptors (Lipinski definition) is 3. The third-order valence-electron chi connectivity index (χ3n) is 8.55. The maximum atomic E-state index is 11.2. The maximum Gasteiger partial charge on any atom is 0.0644 e. The van der Waals surface area contributed by atoms with Crippen LogP contribution in [0.5, 0.6) is 0 Å². The molecule has 3 saturated carbocycles. The molecule has 4 rings (SSSR count). The van der Waals surface area contributed by atoms with Gasteiger partial charge in [0.25, 0.3) is 0 Å². The molecule has 0 aromatic heterocycles. The van der Waals surface area contributed by atoms with E-state index in [-0.39, 0.29) is 35.6 Å². The minimum Gasteiger partial charge on any atom is -0.396 e. The van der Waals surface area contributed by atoms with Gasteiger partial charge in [-0.05, 0) is 72.7 Å². The van der Waals surface area contributed by atoms with Crippen LogP contribution >= 0.6 is 0 Å². The molecule has 0 aliphatic heterocycles. The van der Waals surface area contributed by atoms with Crippen molar-refractivity contribution in [3.8, 4) is 0 Å². The minimum atomic E-state index is -0.318. The van der Waals surface area contributed by atoms with Crippen LogP contribution in [0.4, 0.5) is 0 Å². The molecule has 0 unspecified atom stereocenters. The number of aliphatic hydroxyl groups is 3. The number of aliphatic hydroxyl groups excluding tert-OH is 3. The van der Waals surface area contributed by atoms with Crippen LogP contribution in [0.1, 0.15) is 58.8 Å². The molecule has 0 heterocycles. The molecule has 2 bridgehead atoms. The molecular weight excluding hydrogens is 288 g/mol. The van der Waals surface area contributed by atoms with Gasteiger partial charge in [0.15, 0.2) is 0 Å². The normalized spacial score (nSPS) is 55.1. The summed E-state index contributed by atoms with van der Waals surface area (Å²) in [5.74, 6) is 1.39. The van der Waals surface area contributed by atoms with Gasteiger partial charge in [-0.15, -0.1) is 0 Å². The first-order valence-electron chi connectivity index (χ1n) is 9.51. The monoisotopic (exact) mass is 320 g/mol. The van der Waals surface area contributed by atoms with Gasteiger partial charge < -0.3 is 15.3 Å². The van der Waals surface area contributed by atoms with Crippen molar-refractivity contribution < 1.29 is 15.3 Å². The number of fused-ring (bicyclic) bond motifs is 3. The molecule has 4 aliphatic rings. The first-order chi connectivity index (χ1) is 10.9. The Morgan fingerprint density at radius 1 is 1.13 bits per heavy atom. The van der Waals surface area contributed by atoms with Crippen LogP contribution in [0.2, 0.25) is 0 Å². The van der Waals surface area contributed by atoms with E-state index in [1.54, 1.807) is 0 Å². The van der Waals surface area contributed by atoms with Gasteiger partial charge in [0, 0.05) is 12.0 Å². The van der Waals surface area contributed by atoms with Crippen molar-refractivity contribution in [2.75, 3.05) is 13.2 Å². The summed E-state index contributed by atoms with van der Waals surface area (Å²) in [5.41, 5.74) is 1.23. The highest BCUT2D eigenvalue weighted by Gasteiger charge is 2.65. The van der Waals surface area contributed by atoms with E-state index in [4.69, 9.17) is 0 Å². The van der Waals surface area contributed by atoms with Crippen LogP contribution in [0.3, 0.4) is 0 Å². The van der Waals surface area contributed by atoms with Crippen LogP contribution in [-0.2, 0) is 0 Å². The molecule has 0 radical (unpaired) electrons. The summed E-state index contributed by atoms with van der Waals surface area (Å²) in [7, 11) is 0. The summed E-state index contributed by atoms with van der Waals surface area (Å²) in [6.07, 6.45) is 9.62. The highest BCUT2D eigenvalue weighted by Crippen LogP contribution is 2.70. The molecule has 3 heteroatoms. The summed E-state index contributed by atoms with van der Waals surface area (Å²) >= 11 is 0. The maximum absolute atomic E-state index is 11.2. The van der Waals surface area contributed by atoms with Crippen molar-refractivity contribution >= 4 is 0 Å². The minimum absolute atomic E-state index is 0.0471. The molecule has 23 heavy (non-hydrogen) atoms. The lowest BCUT2D eigenvalue weighted by Crippen LogP contribution is -2.61. The fourth-order valence-electron chi connectivity index (χ4n) is 7.45. The topological polar surface area (TPSA) is 60.7 Å². The Labute approximate surface area is 139 Å². The summed E-state index contributed by atoms with van der Waals surface area (Å²) in [4.78, 5) is 0. The summed E-state index contributed by atoms with van der Waals surface area (Å²) in [6.45, 7) is 5.06. The third-order valence-corrected chi connectivity index (χ3v) is 8.55.